The third-order valence-electron chi connectivity index (χ3n) is 5.19. The van der Waals surface area contributed by atoms with Crippen LogP contribution in [0.5, 0.6) is 0 Å². The Bertz CT molecular complexity index is 962. The van der Waals surface area contributed by atoms with Gasteiger partial charge < -0.3 is 14.7 Å². The summed E-state index contributed by atoms with van der Waals surface area (Å²) in [4.78, 5) is 17.3. The van der Waals surface area contributed by atoms with E-state index in [0.29, 0.717) is 0 Å². The average Bonchev–Trinajstić information content (AvgIpc) is 3.29. The standard InChI is InChI=1S/C19H21N5O2S/c25-10-14-5-6-16(26-14)24-12-22-17-18(20-11-21-19(17)24)23-7-8-27-15-4-2-1-3-13(15)9-23/h1-4,11-12,14,16,25H,5-10H2. The van der Waals surface area contributed by atoms with E-state index in [-0.39, 0.29) is 18.9 Å². The summed E-state index contributed by atoms with van der Waals surface area (Å²) >= 11 is 1.89. The molecule has 4 heterocycles. The van der Waals surface area contributed by atoms with Gasteiger partial charge in [-0.1, -0.05) is 18.2 Å². The molecule has 1 fully saturated rings. The number of fused-ring (bicyclic) bond motifs is 2. The minimum absolute atomic E-state index is 0.0498. The Kier molecular flexibility index (Phi) is 4.47. The van der Waals surface area contributed by atoms with Gasteiger partial charge in [-0.05, 0) is 24.5 Å². The van der Waals surface area contributed by atoms with E-state index in [9.17, 15) is 5.11 Å². The molecule has 2 atom stereocenters. The normalized spacial score (nSPS) is 22.8. The fourth-order valence-corrected chi connectivity index (χ4v) is 4.84. The van der Waals surface area contributed by atoms with Gasteiger partial charge in [-0.2, -0.15) is 0 Å². The lowest BCUT2D eigenvalue weighted by atomic mass is 10.2. The molecule has 2 aliphatic rings. The fourth-order valence-electron chi connectivity index (χ4n) is 3.81. The molecule has 0 saturated carbocycles. The van der Waals surface area contributed by atoms with Crippen LogP contribution in [0.15, 0.2) is 41.8 Å². The Morgan fingerprint density at radius 1 is 1.19 bits per heavy atom. The average molecular weight is 383 g/mol. The summed E-state index contributed by atoms with van der Waals surface area (Å²) in [6.07, 6.45) is 4.86. The molecule has 27 heavy (non-hydrogen) atoms. The number of nitrogens with zero attached hydrogens (tertiary/aromatic N) is 5. The van der Waals surface area contributed by atoms with Crippen LogP contribution in [0, 0.1) is 0 Å². The van der Waals surface area contributed by atoms with Crippen molar-refractivity contribution < 1.29 is 9.84 Å². The van der Waals surface area contributed by atoms with E-state index in [0.717, 1.165) is 48.7 Å². The van der Waals surface area contributed by atoms with Crippen LogP contribution < -0.4 is 4.90 Å². The Morgan fingerprint density at radius 2 is 2.11 bits per heavy atom. The van der Waals surface area contributed by atoms with Crippen molar-refractivity contribution in [2.45, 2.75) is 36.6 Å². The minimum atomic E-state index is -0.129. The fraction of sp³-hybridized carbons (Fsp3) is 0.421. The molecule has 8 heteroatoms. The maximum Gasteiger partial charge on any atom is 0.167 e. The van der Waals surface area contributed by atoms with Gasteiger partial charge in [0.05, 0.1) is 19.0 Å². The molecule has 1 N–H and O–H groups in total. The maximum atomic E-state index is 9.33. The molecule has 5 rings (SSSR count). The van der Waals surface area contributed by atoms with Gasteiger partial charge >= 0.3 is 0 Å². The Hall–Kier alpha value is -2.16. The summed E-state index contributed by atoms with van der Waals surface area (Å²) in [5.41, 5.74) is 2.91. The maximum absolute atomic E-state index is 9.33. The molecule has 140 valence electrons. The molecule has 0 amide bonds. The molecule has 1 saturated heterocycles. The van der Waals surface area contributed by atoms with E-state index in [2.05, 4.69) is 44.1 Å². The van der Waals surface area contributed by atoms with Gasteiger partial charge in [0.1, 0.15) is 12.6 Å². The first-order valence-corrected chi connectivity index (χ1v) is 10.2. The molecular formula is C19H21N5O2S. The van der Waals surface area contributed by atoms with Crippen LogP contribution in [0.2, 0.25) is 0 Å². The molecule has 7 nitrogen and oxygen atoms in total. The zero-order chi connectivity index (χ0) is 18.2. The highest BCUT2D eigenvalue weighted by molar-refractivity contribution is 7.99. The SMILES string of the molecule is OCC1CCC(n2cnc3c(N4CCSc5ccccc5C4)ncnc32)O1. The second kappa shape index (κ2) is 7.10. The number of rotatable bonds is 3. The smallest absolute Gasteiger partial charge is 0.167 e. The zero-order valence-electron chi connectivity index (χ0n) is 14.9. The molecule has 3 aromatic rings. The minimum Gasteiger partial charge on any atom is -0.394 e. The van der Waals surface area contributed by atoms with E-state index < -0.39 is 0 Å². The number of thioether (sulfide) groups is 1. The molecule has 0 spiro atoms. The Morgan fingerprint density at radius 3 is 3.00 bits per heavy atom. The van der Waals surface area contributed by atoms with Crippen LogP contribution in [0.1, 0.15) is 24.6 Å². The molecule has 0 bridgehead atoms. The number of aliphatic hydroxyl groups is 1. The summed E-state index contributed by atoms with van der Waals surface area (Å²) in [5.74, 6) is 1.88. The van der Waals surface area contributed by atoms with Crippen molar-refractivity contribution in [1.29, 1.82) is 0 Å². The van der Waals surface area contributed by atoms with Gasteiger partial charge in [-0.25, -0.2) is 15.0 Å². The zero-order valence-corrected chi connectivity index (χ0v) is 15.7. The van der Waals surface area contributed by atoms with Gasteiger partial charge in [0.2, 0.25) is 0 Å². The largest absolute Gasteiger partial charge is 0.394 e. The van der Waals surface area contributed by atoms with Gasteiger partial charge in [0, 0.05) is 23.7 Å². The number of hydrogen-bond acceptors (Lipinski definition) is 7. The summed E-state index contributed by atoms with van der Waals surface area (Å²) in [6.45, 7) is 1.77. The highest BCUT2D eigenvalue weighted by atomic mass is 32.2. The molecule has 0 aliphatic carbocycles. The van der Waals surface area contributed by atoms with Crippen molar-refractivity contribution in [2.24, 2.45) is 0 Å². The predicted octanol–water partition coefficient (Wildman–Crippen LogP) is 2.61. The highest BCUT2D eigenvalue weighted by Gasteiger charge is 2.28. The lowest BCUT2D eigenvalue weighted by Gasteiger charge is -2.22. The van der Waals surface area contributed by atoms with Crippen LogP contribution in [-0.4, -0.2) is 49.6 Å². The highest BCUT2D eigenvalue weighted by Crippen LogP contribution is 2.34. The van der Waals surface area contributed by atoms with E-state index in [1.165, 1.54) is 10.5 Å². The molecule has 2 aromatic heterocycles. The van der Waals surface area contributed by atoms with Gasteiger partial charge in [-0.15, -0.1) is 11.8 Å². The molecular weight excluding hydrogens is 362 g/mol. The molecule has 1 aromatic carbocycles. The first-order valence-electron chi connectivity index (χ1n) is 9.23. The van der Waals surface area contributed by atoms with Crippen molar-refractivity contribution in [2.75, 3.05) is 23.8 Å². The summed E-state index contributed by atoms with van der Waals surface area (Å²) in [7, 11) is 0. The second-order valence-corrected chi connectivity index (χ2v) is 8.01. The topological polar surface area (TPSA) is 76.3 Å². The van der Waals surface area contributed by atoms with E-state index in [1.54, 1.807) is 12.7 Å². The number of anilines is 1. The second-order valence-electron chi connectivity index (χ2n) is 6.87. The van der Waals surface area contributed by atoms with Crippen molar-refractivity contribution in [3.63, 3.8) is 0 Å². The first-order chi connectivity index (χ1) is 13.3. The lowest BCUT2D eigenvalue weighted by molar-refractivity contribution is -0.0207. The number of imidazole rings is 1. The molecule has 2 aliphatic heterocycles. The van der Waals surface area contributed by atoms with Crippen LogP contribution in [0.3, 0.4) is 0 Å². The van der Waals surface area contributed by atoms with Crippen molar-refractivity contribution in [1.82, 2.24) is 19.5 Å². The number of benzene rings is 1. The predicted molar refractivity (Wildman–Crippen MR) is 104 cm³/mol. The van der Waals surface area contributed by atoms with E-state index in [1.807, 2.05) is 16.3 Å². The molecule has 0 radical (unpaired) electrons. The van der Waals surface area contributed by atoms with Gasteiger partial charge in [0.15, 0.2) is 17.0 Å². The number of ether oxygens (including phenoxy) is 1. The third kappa shape index (κ3) is 3.07. The van der Waals surface area contributed by atoms with Crippen LogP contribution in [0.25, 0.3) is 11.2 Å². The Balaban J connectivity index is 1.50. The van der Waals surface area contributed by atoms with Crippen LogP contribution in [-0.2, 0) is 11.3 Å². The summed E-state index contributed by atoms with van der Waals surface area (Å²) in [6, 6.07) is 8.54. The number of aromatic nitrogens is 4. The van der Waals surface area contributed by atoms with Crippen molar-refractivity contribution in [3.05, 3.63) is 42.5 Å². The number of hydrogen-bond donors (Lipinski definition) is 1. The lowest BCUT2D eigenvalue weighted by Crippen LogP contribution is -2.25. The van der Waals surface area contributed by atoms with E-state index >= 15 is 0 Å². The van der Waals surface area contributed by atoms with Crippen LogP contribution in [0.4, 0.5) is 5.82 Å². The van der Waals surface area contributed by atoms with Gasteiger partial charge in [-0.3, -0.25) is 4.57 Å². The quantitative estimate of drug-likeness (QED) is 0.745. The summed E-state index contributed by atoms with van der Waals surface area (Å²) < 4.78 is 7.88. The third-order valence-corrected chi connectivity index (χ3v) is 6.29. The first kappa shape index (κ1) is 17.0. The van der Waals surface area contributed by atoms with Crippen molar-refractivity contribution in [3.8, 4) is 0 Å². The summed E-state index contributed by atoms with van der Waals surface area (Å²) in [5, 5.41) is 9.33. The number of aliphatic hydroxyl groups excluding tert-OH is 1. The van der Waals surface area contributed by atoms with Gasteiger partial charge in [0.25, 0.3) is 0 Å². The Labute approximate surface area is 161 Å². The monoisotopic (exact) mass is 383 g/mol. The molecule has 2 unspecified atom stereocenters. The van der Waals surface area contributed by atoms with Crippen molar-refractivity contribution >= 4 is 28.7 Å². The van der Waals surface area contributed by atoms with Crippen LogP contribution >= 0.6 is 11.8 Å². The van der Waals surface area contributed by atoms with E-state index in [4.69, 9.17) is 4.74 Å².